The average molecular weight is 412 g/mol. The molecule has 0 amide bonds. The van der Waals surface area contributed by atoms with Crippen molar-refractivity contribution in [1.82, 2.24) is 0 Å². The Kier molecular flexibility index (Phi) is 3.44. The molecular weight excluding hydrogens is 386 g/mol. The fraction of sp³-hybridized carbons (Fsp3) is 0.357. The summed E-state index contributed by atoms with van der Waals surface area (Å²) in [6.45, 7) is 0. The number of anilines is 1. The van der Waals surface area contributed by atoms with Gasteiger partial charge in [-0.1, -0.05) is 48.0 Å². The van der Waals surface area contributed by atoms with Gasteiger partial charge in [0.2, 0.25) is 0 Å². The van der Waals surface area contributed by atoms with Crippen molar-refractivity contribution in [2.75, 3.05) is 5.73 Å². The van der Waals surface area contributed by atoms with Crippen molar-refractivity contribution in [2.24, 2.45) is 23.7 Å². The molecule has 4 saturated carbocycles. The third kappa shape index (κ3) is 2.10. The molecule has 30 heavy (non-hydrogen) atoms. The van der Waals surface area contributed by atoms with E-state index < -0.39 is 0 Å². The van der Waals surface area contributed by atoms with Crippen molar-refractivity contribution in [3.63, 3.8) is 0 Å². The van der Waals surface area contributed by atoms with Gasteiger partial charge < -0.3 is 5.73 Å². The maximum atomic E-state index is 6.90. The summed E-state index contributed by atoms with van der Waals surface area (Å²) in [5, 5.41) is 0.911. The Morgan fingerprint density at radius 3 is 2.10 bits per heavy atom. The van der Waals surface area contributed by atoms with Crippen LogP contribution in [0.1, 0.15) is 43.2 Å². The maximum Gasteiger partial charge on any atom is 0.0487 e. The van der Waals surface area contributed by atoms with E-state index >= 15 is 0 Å². The van der Waals surface area contributed by atoms with Gasteiger partial charge in [0.25, 0.3) is 0 Å². The van der Waals surface area contributed by atoms with Crippen LogP contribution in [-0.4, -0.2) is 0 Å². The SMILES string of the molecule is Nc1ccc(-c2ccc3c(c2)-c2c(Cl)cccc2C32C3CC4CC(C3)CC2C4)cc1. The molecule has 0 heterocycles. The number of hydrogen-bond donors (Lipinski definition) is 1. The highest BCUT2D eigenvalue weighted by atomic mass is 35.5. The van der Waals surface area contributed by atoms with E-state index in [-0.39, 0.29) is 5.41 Å². The maximum absolute atomic E-state index is 6.90. The molecule has 0 aromatic heterocycles. The molecule has 2 heteroatoms. The topological polar surface area (TPSA) is 26.0 Å². The predicted molar refractivity (Wildman–Crippen MR) is 125 cm³/mol. The second-order valence-electron chi connectivity index (χ2n) is 10.2. The zero-order valence-electron chi connectivity index (χ0n) is 17.1. The second-order valence-corrected chi connectivity index (χ2v) is 10.6. The van der Waals surface area contributed by atoms with Crippen LogP contribution in [0.2, 0.25) is 5.02 Å². The second kappa shape index (κ2) is 5.92. The van der Waals surface area contributed by atoms with Crippen LogP contribution in [0.5, 0.6) is 0 Å². The molecule has 3 aromatic carbocycles. The molecule has 0 unspecified atom stereocenters. The Morgan fingerprint density at radius 1 is 0.733 bits per heavy atom. The van der Waals surface area contributed by atoms with Gasteiger partial charge in [0.1, 0.15) is 0 Å². The minimum absolute atomic E-state index is 0.183. The summed E-state index contributed by atoms with van der Waals surface area (Å²) >= 11 is 6.90. The molecule has 150 valence electrons. The van der Waals surface area contributed by atoms with Crippen LogP contribution in [0.3, 0.4) is 0 Å². The Hall–Kier alpha value is -2.25. The summed E-state index contributed by atoms with van der Waals surface area (Å²) in [5.41, 5.74) is 15.1. The molecule has 8 rings (SSSR count). The molecule has 4 fully saturated rings. The first-order chi connectivity index (χ1) is 14.6. The Bertz CT molecular complexity index is 1150. The number of fused-ring (bicyclic) bond motifs is 3. The van der Waals surface area contributed by atoms with E-state index in [1.807, 2.05) is 12.1 Å². The van der Waals surface area contributed by atoms with Crippen molar-refractivity contribution < 1.29 is 0 Å². The predicted octanol–water partition coefficient (Wildman–Crippen LogP) is 7.31. The Labute approximate surface area is 183 Å². The standard InChI is InChI=1S/C28H26ClN/c29-26-3-1-2-25-27(26)23-15-19(18-4-7-22(30)8-5-18)6-9-24(23)28(25)20-11-16-10-17(13-20)14-21(28)12-16/h1-9,15-17,20-21H,10-14,30H2. The molecule has 0 saturated heterocycles. The van der Waals surface area contributed by atoms with Crippen LogP contribution in [-0.2, 0) is 5.41 Å². The van der Waals surface area contributed by atoms with Gasteiger partial charge in [-0.2, -0.15) is 0 Å². The van der Waals surface area contributed by atoms with Crippen LogP contribution in [0.25, 0.3) is 22.3 Å². The van der Waals surface area contributed by atoms with Gasteiger partial charge >= 0.3 is 0 Å². The molecule has 1 nitrogen and oxygen atoms in total. The normalized spacial score (nSPS) is 32.4. The van der Waals surface area contributed by atoms with Gasteiger partial charge in [0.15, 0.2) is 0 Å². The minimum Gasteiger partial charge on any atom is -0.399 e. The summed E-state index contributed by atoms with van der Waals surface area (Å²) in [6, 6.07) is 22.0. The van der Waals surface area contributed by atoms with Crippen LogP contribution in [0.4, 0.5) is 5.69 Å². The summed E-state index contributed by atoms with van der Waals surface area (Å²) in [6.07, 6.45) is 7.08. The summed E-state index contributed by atoms with van der Waals surface area (Å²) in [4.78, 5) is 0. The van der Waals surface area contributed by atoms with Crippen molar-refractivity contribution in [1.29, 1.82) is 0 Å². The number of benzene rings is 3. The first kappa shape index (κ1) is 17.4. The summed E-state index contributed by atoms with van der Waals surface area (Å²) < 4.78 is 0. The largest absolute Gasteiger partial charge is 0.399 e. The zero-order valence-corrected chi connectivity index (χ0v) is 17.8. The first-order valence-corrected chi connectivity index (χ1v) is 11.8. The van der Waals surface area contributed by atoms with Crippen LogP contribution >= 0.6 is 11.6 Å². The highest BCUT2D eigenvalue weighted by molar-refractivity contribution is 6.34. The monoisotopic (exact) mass is 411 g/mol. The van der Waals surface area contributed by atoms with E-state index in [0.717, 1.165) is 34.4 Å². The lowest BCUT2D eigenvalue weighted by molar-refractivity contribution is -0.0399. The fourth-order valence-electron chi connectivity index (χ4n) is 8.06. The third-order valence-corrected chi connectivity index (χ3v) is 9.18. The van der Waals surface area contributed by atoms with E-state index in [2.05, 4.69) is 48.5 Å². The molecule has 2 N–H and O–H groups in total. The molecule has 0 aliphatic heterocycles. The van der Waals surface area contributed by atoms with Crippen LogP contribution in [0, 0.1) is 23.7 Å². The number of rotatable bonds is 1. The van der Waals surface area contributed by atoms with Crippen LogP contribution < -0.4 is 5.73 Å². The number of hydrogen-bond acceptors (Lipinski definition) is 1. The van der Waals surface area contributed by atoms with E-state index in [1.165, 1.54) is 59.9 Å². The van der Waals surface area contributed by atoms with E-state index in [1.54, 1.807) is 5.56 Å². The number of nitrogen functional groups attached to an aromatic ring is 1. The van der Waals surface area contributed by atoms with Gasteiger partial charge in [0, 0.05) is 21.7 Å². The summed E-state index contributed by atoms with van der Waals surface area (Å²) in [7, 11) is 0. The molecule has 4 bridgehead atoms. The molecule has 5 aliphatic rings. The minimum atomic E-state index is 0.183. The zero-order chi connectivity index (χ0) is 20.0. The Morgan fingerprint density at radius 2 is 1.40 bits per heavy atom. The molecule has 0 radical (unpaired) electrons. The van der Waals surface area contributed by atoms with Crippen LogP contribution in [0.15, 0.2) is 60.7 Å². The number of nitrogens with two attached hydrogens (primary N) is 1. The van der Waals surface area contributed by atoms with Crippen molar-refractivity contribution in [3.8, 4) is 22.3 Å². The van der Waals surface area contributed by atoms with Gasteiger partial charge in [-0.25, -0.2) is 0 Å². The molecule has 3 aromatic rings. The molecular formula is C28H26ClN. The van der Waals surface area contributed by atoms with E-state index in [0.29, 0.717) is 0 Å². The summed E-state index contributed by atoms with van der Waals surface area (Å²) in [5.74, 6) is 3.46. The number of halogens is 1. The molecule has 5 aliphatic carbocycles. The van der Waals surface area contributed by atoms with Gasteiger partial charge in [-0.3, -0.25) is 0 Å². The highest BCUT2D eigenvalue weighted by Gasteiger charge is 2.61. The van der Waals surface area contributed by atoms with Gasteiger partial charge in [-0.15, -0.1) is 0 Å². The average Bonchev–Trinajstić information content (AvgIpc) is 3.03. The lowest BCUT2D eigenvalue weighted by atomic mass is 9.43. The van der Waals surface area contributed by atoms with Gasteiger partial charge in [0.05, 0.1) is 0 Å². The van der Waals surface area contributed by atoms with Crippen molar-refractivity contribution >= 4 is 17.3 Å². The smallest absolute Gasteiger partial charge is 0.0487 e. The van der Waals surface area contributed by atoms with Gasteiger partial charge in [-0.05, 0) is 108 Å². The van der Waals surface area contributed by atoms with E-state index in [4.69, 9.17) is 17.3 Å². The lowest BCUT2D eigenvalue weighted by Crippen LogP contribution is -2.55. The first-order valence-electron chi connectivity index (χ1n) is 11.4. The Balaban J connectivity index is 1.48. The van der Waals surface area contributed by atoms with Crippen molar-refractivity contribution in [2.45, 2.75) is 37.5 Å². The lowest BCUT2D eigenvalue weighted by Gasteiger charge is -2.61. The third-order valence-electron chi connectivity index (χ3n) is 8.86. The quantitative estimate of drug-likeness (QED) is 0.417. The molecule has 0 atom stereocenters. The van der Waals surface area contributed by atoms with E-state index in [9.17, 15) is 0 Å². The van der Waals surface area contributed by atoms with Crippen molar-refractivity contribution in [3.05, 3.63) is 76.8 Å². The molecule has 1 spiro atoms. The highest BCUT2D eigenvalue weighted by Crippen LogP contribution is 2.70. The fourth-order valence-corrected chi connectivity index (χ4v) is 8.34.